The Hall–Kier alpha value is -3.42. The van der Waals surface area contributed by atoms with E-state index < -0.39 is 17.5 Å². The Bertz CT molecular complexity index is 956. The maximum atomic E-state index is 12.8. The number of nitrogens with one attached hydrogen (secondary N) is 2. The normalized spacial score (nSPS) is 21.9. The molecule has 0 radical (unpaired) electrons. The number of hydrogen-bond donors (Lipinski definition) is 3. The number of aryl methyl sites for hydroxylation is 1. The molecule has 30 heavy (non-hydrogen) atoms. The Morgan fingerprint density at radius 3 is 2.50 bits per heavy atom. The number of hydrogen-bond acceptors (Lipinski definition) is 5. The average molecular weight is 407 g/mol. The molecule has 3 heterocycles. The monoisotopic (exact) mass is 407 g/mol. The van der Waals surface area contributed by atoms with Crippen molar-refractivity contribution in [2.24, 2.45) is 11.7 Å². The number of piperidine rings is 1. The molecular weight excluding hydrogens is 382 g/mol. The molecule has 4 N–H and O–H groups in total. The van der Waals surface area contributed by atoms with E-state index in [1.54, 1.807) is 18.3 Å². The summed E-state index contributed by atoms with van der Waals surface area (Å²) in [5.74, 6) is -0.203. The van der Waals surface area contributed by atoms with E-state index >= 15 is 0 Å². The van der Waals surface area contributed by atoms with E-state index in [1.807, 2.05) is 35.2 Å². The van der Waals surface area contributed by atoms with E-state index in [4.69, 9.17) is 5.73 Å². The number of carbonyl (C=O) groups excluding carboxylic acids is 3. The minimum atomic E-state index is -0.921. The molecule has 0 bridgehead atoms. The third kappa shape index (κ3) is 3.72. The van der Waals surface area contributed by atoms with Gasteiger partial charge in [0.25, 0.3) is 11.8 Å². The Morgan fingerprint density at radius 2 is 1.87 bits per heavy atom. The van der Waals surface area contributed by atoms with Gasteiger partial charge < -0.3 is 16.0 Å². The van der Waals surface area contributed by atoms with Crippen molar-refractivity contribution in [3.05, 3.63) is 59.8 Å². The van der Waals surface area contributed by atoms with Gasteiger partial charge in [-0.25, -0.2) is 9.78 Å². The summed E-state index contributed by atoms with van der Waals surface area (Å²) in [4.78, 5) is 43.0. The molecule has 1 aromatic carbocycles. The topological polar surface area (TPSA) is 117 Å². The molecule has 0 spiro atoms. The molecule has 156 valence electrons. The van der Waals surface area contributed by atoms with Gasteiger partial charge in [0, 0.05) is 19.3 Å². The van der Waals surface area contributed by atoms with Crippen molar-refractivity contribution in [2.75, 3.05) is 18.0 Å². The zero-order valence-electron chi connectivity index (χ0n) is 16.6. The molecular formula is C22H25N5O3. The summed E-state index contributed by atoms with van der Waals surface area (Å²) in [6, 6.07) is 12.9. The highest BCUT2D eigenvalue weighted by Crippen LogP contribution is 2.36. The number of carbonyl (C=O) groups is 3. The molecule has 1 atom stereocenters. The number of urea groups is 1. The molecule has 1 unspecified atom stereocenters. The van der Waals surface area contributed by atoms with E-state index in [0.717, 1.165) is 5.56 Å². The summed E-state index contributed by atoms with van der Waals surface area (Å²) in [5.41, 5.74) is 6.09. The molecule has 8 nitrogen and oxygen atoms in total. The van der Waals surface area contributed by atoms with Gasteiger partial charge in [0.05, 0.1) is 5.56 Å². The first kappa shape index (κ1) is 19.9. The molecule has 2 fully saturated rings. The van der Waals surface area contributed by atoms with Crippen LogP contribution in [0.15, 0.2) is 48.7 Å². The van der Waals surface area contributed by atoms with Crippen LogP contribution in [0.2, 0.25) is 0 Å². The summed E-state index contributed by atoms with van der Waals surface area (Å²) >= 11 is 0. The van der Waals surface area contributed by atoms with Crippen LogP contribution in [0.5, 0.6) is 0 Å². The number of imide groups is 1. The first-order chi connectivity index (χ1) is 14.5. The molecule has 0 saturated carbocycles. The lowest BCUT2D eigenvalue weighted by atomic mass is 9.74. The van der Waals surface area contributed by atoms with Crippen LogP contribution in [0.4, 0.5) is 10.6 Å². The van der Waals surface area contributed by atoms with Crippen molar-refractivity contribution in [2.45, 2.75) is 31.2 Å². The van der Waals surface area contributed by atoms with Crippen LogP contribution in [-0.2, 0) is 11.2 Å². The standard InChI is InChI=1S/C22H25N5O3/c23-18(28)17-7-4-12-24-19(17)27-13-9-16(10-14-27)22(20(29)25-21(30)26-22)11-8-15-5-2-1-3-6-15/h1-7,12,16H,8-11,13-14H2,(H2,23,28)(H2,25,26,29,30). The van der Waals surface area contributed by atoms with Gasteiger partial charge in [-0.1, -0.05) is 30.3 Å². The molecule has 2 aliphatic rings. The highest BCUT2D eigenvalue weighted by Gasteiger charge is 2.51. The van der Waals surface area contributed by atoms with Gasteiger partial charge in [-0.15, -0.1) is 0 Å². The minimum Gasteiger partial charge on any atom is -0.365 e. The van der Waals surface area contributed by atoms with Gasteiger partial charge in [-0.2, -0.15) is 0 Å². The van der Waals surface area contributed by atoms with Crippen LogP contribution in [0.1, 0.15) is 35.2 Å². The van der Waals surface area contributed by atoms with Gasteiger partial charge >= 0.3 is 6.03 Å². The fraction of sp³-hybridized carbons (Fsp3) is 0.364. The van der Waals surface area contributed by atoms with Crippen LogP contribution < -0.4 is 21.3 Å². The van der Waals surface area contributed by atoms with Crippen LogP contribution in [0.3, 0.4) is 0 Å². The number of rotatable bonds is 6. The van der Waals surface area contributed by atoms with Gasteiger partial charge in [0.15, 0.2) is 0 Å². The average Bonchev–Trinajstić information content (AvgIpc) is 3.07. The summed E-state index contributed by atoms with van der Waals surface area (Å²) in [5, 5.41) is 5.37. The fourth-order valence-corrected chi connectivity index (χ4v) is 4.58. The zero-order chi connectivity index (χ0) is 21.1. The highest BCUT2D eigenvalue weighted by molar-refractivity contribution is 6.07. The molecule has 1 aromatic heterocycles. The maximum Gasteiger partial charge on any atom is 0.322 e. The van der Waals surface area contributed by atoms with E-state index in [1.165, 1.54) is 0 Å². The first-order valence-electron chi connectivity index (χ1n) is 10.2. The lowest BCUT2D eigenvalue weighted by Gasteiger charge is -2.41. The lowest BCUT2D eigenvalue weighted by Crippen LogP contribution is -2.56. The Kier molecular flexibility index (Phi) is 5.39. The zero-order valence-corrected chi connectivity index (χ0v) is 16.6. The number of pyridine rings is 1. The summed E-state index contributed by atoms with van der Waals surface area (Å²) in [6.07, 6.45) is 4.25. The largest absolute Gasteiger partial charge is 0.365 e. The highest BCUT2D eigenvalue weighted by atomic mass is 16.2. The number of nitrogens with zero attached hydrogens (tertiary/aromatic N) is 2. The lowest BCUT2D eigenvalue weighted by molar-refractivity contribution is -0.126. The van der Waals surface area contributed by atoms with Crippen LogP contribution >= 0.6 is 0 Å². The second-order valence-corrected chi connectivity index (χ2v) is 7.87. The third-order valence-electron chi connectivity index (χ3n) is 6.16. The van der Waals surface area contributed by atoms with Crippen molar-refractivity contribution in [3.8, 4) is 0 Å². The molecule has 2 saturated heterocycles. The fourth-order valence-electron chi connectivity index (χ4n) is 4.58. The maximum absolute atomic E-state index is 12.8. The van der Waals surface area contributed by atoms with Crippen LogP contribution in [0.25, 0.3) is 0 Å². The molecule has 2 aliphatic heterocycles. The quantitative estimate of drug-likeness (QED) is 0.629. The van der Waals surface area contributed by atoms with Crippen molar-refractivity contribution in [3.63, 3.8) is 0 Å². The molecule has 0 aliphatic carbocycles. The Morgan fingerprint density at radius 1 is 1.13 bits per heavy atom. The van der Waals surface area contributed by atoms with Gasteiger partial charge in [0.2, 0.25) is 0 Å². The third-order valence-corrected chi connectivity index (χ3v) is 6.16. The summed E-state index contributed by atoms with van der Waals surface area (Å²) in [6.45, 7) is 1.25. The van der Waals surface area contributed by atoms with E-state index in [2.05, 4.69) is 15.6 Å². The first-order valence-corrected chi connectivity index (χ1v) is 10.2. The second kappa shape index (κ2) is 8.14. The van der Waals surface area contributed by atoms with Gasteiger partial charge in [0.1, 0.15) is 11.4 Å². The van der Waals surface area contributed by atoms with E-state index in [9.17, 15) is 14.4 Å². The summed E-state index contributed by atoms with van der Waals surface area (Å²) in [7, 11) is 0. The number of aromatic nitrogens is 1. The van der Waals surface area contributed by atoms with Crippen molar-refractivity contribution in [1.29, 1.82) is 0 Å². The number of nitrogens with two attached hydrogens (primary N) is 1. The van der Waals surface area contributed by atoms with Crippen molar-refractivity contribution in [1.82, 2.24) is 15.6 Å². The van der Waals surface area contributed by atoms with Crippen LogP contribution in [-0.4, -0.2) is 41.5 Å². The second-order valence-electron chi connectivity index (χ2n) is 7.87. The molecule has 2 aromatic rings. The Balaban J connectivity index is 1.51. The summed E-state index contributed by atoms with van der Waals surface area (Å²) < 4.78 is 0. The molecule has 8 heteroatoms. The molecule has 4 amide bonds. The Labute approximate surface area is 174 Å². The van der Waals surface area contributed by atoms with Crippen LogP contribution in [0, 0.1) is 5.92 Å². The number of amides is 4. The number of anilines is 1. The van der Waals surface area contributed by atoms with Crippen molar-refractivity contribution < 1.29 is 14.4 Å². The predicted molar refractivity (Wildman–Crippen MR) is 112 cm³/mol. The molecule has 4 rings (SSSR count). The minimum absolute atomic E-state index is 0.00958. The predicted octanol–water partition coefficient (Wildman–Crippen LogP) is 1.61. The number of primary amides is 1. The van der Waals surface area contributed by atoms with Gasteiger partial charge in [-0.05, 0) is 49.3 Å². The SMILES string of the molecule is NC(=O)c1cccnc1N1CCC(C2(CCc3ccccc3)NC(=O)NC2=O)CC1. The van der Waals surface area contributed by atoms with Gasteiger partial charge in [-0.3, -0.25) is 14.9 Å². The van der Waals surface area contributed by atoms with E-state index in [-0.39, 0.29) is 11.8 Å². The van der Waals surface area contributed by atoms with Crippen molar-refractivity contribution >= 4 is 23.7 Å². The van der Waals surface area contributed by atoms with E-state index in [0.29, 0.717) is 50.2 Å². The number of benzene rings is 1. The smallest absolute Gasteiger partial charge is 0.322 e.